The van der Waals surface area contributed by atoms with E-state index in [4.69, 9.17) is 11.6 Å². The van der Waals surface area contributed by atoms with Crippen LogP contribution in [0.3, 0.4) is 0 Å². The monoisotopic (exact) mass is 491 g/mol. The van der Waals surface area contributed by atoms with Crippen molar-refractivity contribution < 1.29 is 18.0 Å². The highest BCUT2D eigenvalue weighted by Crippen LogP contribution is 2.34. The van der Waals surface area contributed by atoms with Crippen molar-refractivity contribution >= 4 is 40.8 Å². The topological polar surface area (TPSA) is 86.3 Å². The number of carbonyl (C=O) groups excluding carboxylic acids is 1. The Morgan fingerprint density at radius 2 is 1.76 bits per heavy atom. The number of alkyl halides is 3. The van der Waals surface area contributed by atoms with Crippen LogP contribution in [0.1, 0.15) is 11.3 Å². The predicted octanol–water partition coefficient (Wildman–Crippen LogP) is 4.95. The number of amides is 2. The second-order valence-corrected chi connectivity index (χ2v) is 8.07. The average Bonchev–Trinajstić information content (AvgIpc) is 2.80. The van der Waals surface area contributed by atoms with Gasteiger partial charge in [-0.05, 0) is 49.4 Å². The quantitative estimate of drug-likeness (QED) is 0.537. The Morgan fingerprint density at radius 1 is 1.00 bits per heavy atom. The molecule has 1 saturated heterocycles. The number of nitrogens with zero attached hydrogens (tertiary/aromatic N) is 5. The van der Waals surface area contributed by atoms with Gasteiger partial charge in [0.05, 0.1) is 16.3 Å². The zero-order chi connectivity index (χ0) is 24.3. The molecule has 3 heterocycles. The number of benzene rings is 1. The van der Waals surface area contributed by atoms with Gasteiger partial charge in [0.1, 0.15) is 5.82 Å². The molecule has 0 atom stereocenters. The third-order valence-electron chi connectivity index (χ3n) is 5.22. The SMILES string of the molecule is Cc1cccc(Nc2ccc(N3CCN(C(=O)Nc4cc(C(F)(F)F)ccc4Cl)CC3)nn2)n1. The average molecular weight is 492 g/mol. The fourth-order valence-corrected chi connectivity index (χ4v) is 3.60. The molecule has 0 saturated carbocycles. The van der Waals surface area contributed by atoms with Gasteiger partial charge in [-0.1, -0.05) is 17.7 Å². The Labute approximate surface area is 198 Å². The third-order valence-corrected chi connectivity index (χ3v) is 5.55. The maximum absolute atomic E-state index is 13.0. The Kier molecular flexibility index (Phi) is 6.73. The van der Waals surface area contributed by atoms with Crippen LogP contribution in [0.25, 0.3) is 0 Å². The lowest BCUT2D eigenvalue weighted by Gasteiger charge is -2.35. The van der Waals surface area contributed by atoms with E-state index >= 15 is 0 Å². The number of anilines is 4. The number of aromatic nitrogens is 3. The van der Waals surface area contributed by atoms with Gasteiger partial charge in [0.2, 0.25) is 0 Å². The van der Waals surface area contributed by atoms with E-state index in [9.17, 15) is 18.0 Å². The maximum atomic E-state index is 13.0. The van der Waals surface area contributed by atoms with Crippen LogP contribution in [-0.2, 0) is 6.18 Å². The molecule has 2 N–H and O–H groups in total. The smallest absolute Gasteiger partial charge is 0.352 e. The second-order valence-electron chi connectivity index (χ2n) is 7.66. The van der Waals surface area contributed by atoms with E-state index in [0.29, 0.717) is 43.6 Å². The highest BCUT2D eigenvalue weighted by atomic mass is 35.5. The highest BCUT2D eigenvalue weighted by Gasteiger charge is 2.31. The van der Waals surface area contributed by atoms with Crippen LogP contribution in [0.15, 0.2) is 48.5 Å². The molecule has 2 aromatic heterocycles. The van der Waals surface area contributed by atoms with Crippen LogP contribution in [0.4, 0.5) is 41.1 Å². The summed E-state index contributed by atoms with van der Waals surface area (Å²) in [6.07, 6.45) is -4.53. The Morgan fingerprint density at radius 3 is 2.41 bits per heavy atom. The molecule has 0 unspecified atom stereocenters. The summed E-state index contributed by atoms with van der Waals surface area (Å²) in [4.78, 5) is 20.4. The third kappa shape index (κ3) is 5.66. The van der Waals surface area contributed by atoms with Gasteiger partial charge < -0.3 is 20.4 Å². The summed E-state index contributed by atoms with van der Waals surface area (Å²) in [5, 5.41) is 14.0. The molecular weight excluding hydrogens is 471 g/mol. The first-order valence-corrected chi connectivity index (χ1v) is 10.8. The van der Waals surface area contributed by atoms with Crippen molar-refractivity contribution in [2.24, 2.45) is 0 Å². The first-order valence-electron chi connectivity index (χ1n) is 10.4. The van der Waals surface area contributed by atoms with Crippen molar-refractivity contribution in [2.45, 2.75) is 13.1 Å². The summed E-state index contributed by atoms with van der Waals surface area (Å²) < 4.78 is 38.9. The van der Waals surface area contributed by atoms with Crippen molar-refractivity contribution in [3.8, 4) is 0 Å². The van der Waals surface area contributed by atoms with E-state index in [1.807, 2.05) is 36.1 Å². The van der Waals surface area contributed by atoms with Crippen LogP contribution in [0.5, 0.6) is 0 Å². The number of aryl methyl sites for hydroxylation is 1. The summed E-state index contributed by atoms with van der Waals surface area (Å²) in [7, 11) is 0. The Balaban J connectivity index is 1.33. The molecule has 8 nitrogen and oxygen atoms in total. The van der Waals surface area contributed by atoms with Crippen molar-refractivity contribution in [1.82, 2.24) is 20.1 Å². The molecule has 178 valence electrons. The minimum absolute atomic E-state index is 0.0322. The lowest BCUT2D eigenvalue weighted by Crippen LogP contribution is -2.50. The number of halogens is 4. The Bertz CT molecular complexity index is 1170. The van der Waals surface area contributed by atoms with Crippen molar-refractivity contribution in [3.05, 3.63) is 64.8 Å². The Hall–Kier alpha value is -3.60. The second kappa shape index (κ2) is 9.72. The number of carbonyl (C=O) groups is 1. The van der Waals surface area contributed by atoms with E-state index in [1.54, 1.807) is 6.07 Å². The van der Waals surface area contributed by atoms with Crippen LogP contribution in [0.2, 0.25) is 5.02 Å². The molecule has 34 heavy (non-hydrogen) atoms. The number of pyridine rings is 1. The number of hydrogen-bond donors (Lipinski definition) is 2. The highest BCUT2D eigenvalue weighted by molar-refractivity contribution is 6.33. The summed E-state index contributed by atoms with van der Waals surface area (Å²) in [6, 6.07) is 11.5. The number of rotatable bonds is 4. The lowest BCUT2D eigenvalue weighted by molar-refractivity contribution is -0.137. The molecule has 0 spiro atoms. The maximum Gasteiger partial charge on any atom is 0.416 e. The van der Waals surface area contributed by atoms with Gasteiger partial charge in [-0.2, -0.15) is 13.2 Å². The first-order chi connectivity index (χ1) is 16.2. The van der Waals surface area contributed by atoms with Crippen molar-refractivity contribution in [3.63, 3.8) is 0 Å². The molecule has 3 aromatic rings. The summed E-state index contributed by atoms with van der Waals surface area (Å²) in [5.41, 5.74) is -0.0838. The zero-order valence-electron chi connectivity index (χ0n) is 18.1. The van der Waals surface area contributed by atoms with E-state index in [-0.39, 0.29) is 10.7 Å². The van der Waals surface area contributed by atoms with Crippen molar-refractivity contribution in [1.29, 1.82) is 0 Å². The van der Waals surface area contributed by atoms with Crippen LogP contribution in [0, 0.1) is 6.92 Å². The van der Waals surface area contributed by atoms with Gasteiger partial charge in [-0.15, -0.1) is 10.2 Å². The molecule has 0 aliphatic carbocycles. The molecule has 4 rings (SSSR count). The minimum Gasteiger partial charge on any atom is -0.352 e. The van der Waals surface area contributed by atoms with Crippen LogP contribution in [-0.4, -0.2) is 52.3 Å². The zero-order valence-corrected chi connectivity index (χ0v) is 18.9. The summed E-state index contributed by atoms with van der Waals surface area (Å²) in [6.45, 7) is 3.60. The van der Waals surface area contributed by atoms with Gasteiger partial charge in [0.15, 0.2) is 11.6 Å². The lowest BCUT2D eigenvalue weighted by atomic mass is 10.2. The normalized spacial score (nSPS) is 14.1. The van der Waals surface area contributed by atoms with Gasteiger partial charge in [-0.3, -0.25) is 0 Å². The van der Waals surface area contributed by atoms with E-state index in [1.165, 1.54) is 4.90 Å². The number of piperazine rings is 1. The summed E-state index contributed by atoms with van der Waals surface area (Å²) >= 11 is 5.97. The molecule has 12 heteroatoms. The minimum atomic E-state index is -4.53. The molecule has 1 aromatic carbocycles. The van der Waals surface area contributed by atoms with Gasteiger partial charge in [0, 0.05) is 31.9 Å². The summed E-state index contributed by atoms with van der Waals surface area (Å²) in [5.74, 6) is 1.88. The fraction of sp³-hybridized carbons (Fsp3) is 0.273. The van der Waals surface area contributed by atoms with E-state index in [2.05, 4.69) is 25.8 Å². The molecule has 0 radical (unpaired) electrons. The van der Waals surface area contributed by atoms with Crippen LogP contribution >= 0.6 is 11.6 Å². The first kappa shape index (κ1) is 23.6. The predicted molar refractivity (Wildman–Crippen MR) is 124 cm³/mol. The molecule has 1 aliphatic heterocycles. The van der Waals surface area contributed by atoms with Crippen LogP contribution < -0.4 is 15.5 Å². The van der Waals surface area contributed by atoms with E-state index in [0.717, 1.165) is 23.9 Å². The number of nitrogens with one attached hydrogen (secondary N) is 2. The van der Waals surface area contributed by atoms with Gasteiger partial charge in [-0.25, -0.2) is 9.78 Å². The van der Waals surface area contributed by atoms with Gasteiger partial charge in [0.25, 0.3) is 0 Å². The molecule has 1 fully saturated rings. The standard InChI is InChI=1S/C22H21ClF3N7O/c1-14-3-2-4-18(27-14)29-19-7-8-20(31-30-19)32-9-11-33(12-10-32)21(34)28-17-13-15(22(24,25)26)5-6-16(17)23/h2-8,13H,9-12H2,1H3,(H,28,34)(H,27,29,30). The molecule has 0 bridgehead atoms. The largest absolute Gasteiger partial charge is 0.416 e. The molecule has 1 aliphatic rings. The van der Waals surface area contributed by atoms with Crippen molar-refractivity contribution in [2.75, 3.05) is 41.7 Å². The van der Waals surface area contributed by atoms with Gasteiger partial charge >= 0.3 is 12.2 Å². The number of hydrogen-bond acceptors (Lipinski definition) is 6. The molecular formula is C22H21ClF3N7O. The number of urea groups is 1. The van der Waals surface area contributed by atoms with E-state index < -0.39 is 17.8 Å². The molecule has 2 amide bonds. The fourth-order valence-electron chi connectivity index (χ4n) is 3.43.